The molecule has 0 bridgehead atoms. The highest BCUT2D eigenvalue weighted by Gasteiger charge is 1.99. The highest BCUT2D eigenvalue weighted by molar-refractivity contribution is 5.21. The summed E-state index contributed by atoms with van der Waals surface area (Å²) in [6.07, 6.45) is 2.42. The Bertz CT molecular complexity index is 260. The minimum atomic E-state index is 1.16. The summed E-state index contributed by atoms with van der Waals surface area (Å²) in [6.45, 7) is 18.3. The van der Waals surface area contributed by atoms with E-state index in [-0.39, 0.29) is 0 Å². The fraction of sp³-hybridized carbons (Fsp3) is 0.667. The molecule has 0 fully saturated rings. The molecule has 1 nitrogen and oxygen atoms in total. The van der Waals surface area contributed by atoms with Gasteiger partial charge in [0.15, 0.2) is 0 Å². The number of benzene rings is 1. The van der Waals surface area contributed by atoms with Gasteiger partial charge in [-0.25, -0.2) is 0 Å². The predicted octanol–water partition coefficient (Wildman–Crippen LogP) is 5.32. The molecule has 0 saturated heterocycles. The van der Waals surface area contributed by atoms with Crippen molar-refractivity contribution in [2.75, 3.05) is 19.6 Å². The zero-order valence-electron chi connectivity index (χ0n) is 14.3. The van der Waals surface area contributed by atoms with Crippen molar-refractivity contribution in [3.05, 3.63) is 35.4 Å². The van der Waals surface area contributed by atoms with Gasteiger partial charge in [-0.15, -0.1) is 0 Å². The maximum atomic E-state index is 2.46. The van der Waals surface area contributed by atoms with E-state index in [1.807, 2.05) is 13.8 Å². The van der Waals surface area contributed by atoms with Gasteiger partial charge in [0.05, 0.1) is 0 Å². The van der Waals surface area contributed by atoms with Crippen LogP contribution in [0.3, 0.4) is 0 Å². The lowest BCUT2D eigenvalue weighted by Gasteiger charge is -2.17. The summed E-state index contributed by atoms with van der Waals surface area (Å²) in [5, 5.41) is 0. The monoisotopic (exact) mass is 265 g/mol. The largest absolute Gasteiger partial charge is 0.304 e. The number of nitrogens with zero attached hydrogens (tertiary/aromatic N) is 1. The van der Waals surface area contributed by atoms with Crippen molar-refractivity contribution in [2.45, 2.75) is 61.3 Å². The fourth-order valence-corrected chi connectivity index (χ4v) is 1.58. The Kier molecular flexibility index (Phi) is 16.4. The van der Waals surface area contributed by atoms with Gasteiger partial charge in [0.25, 0.3) is 0 Å². The van der Waals surface area contributed by atoms with Gasteiger partial charge in [-0.1, -0.05) is 77.8 Å². The molecule has 0 heterocycles. The van der Waals surface area contributed by atoms with Crippen LogP contribution < -0.4 is 0 Å². The zero-order valence-corrected chi connectivity index (χ0v) is 14.3. The number of hydrogen-bond donors (Lipinski definition) is 0. The summed E-state index contributed by atoms with van der Waals surface area (Å²) in [5.74, 6) is 0. The Morgan fingerprint density at radius 2 is 1.26 bits per heavy atom. The van der Waals surface area contributed by atoms with Crippen LogP contribution in [0.4, 0.5) is 0 Å². The molecule has 0 saturated carbocycles. The minimum absolute atomic E-state index is 1.16. The molecular formula is C18H35N. The molecule has 0 amide bonds. The van der Waals surface area contributed by atoms with Crippen molar-refractivity contribution in [1.82, 2.24) is 4.90 Å². The van der Waals surface area contributed by atoms with Gasteiger partial charge in [-0.05, 0) is 32.0 Å². The highest BCUT2D eigenvalue weighted by Crippen LogP contribution is 2.04. The van der Waals surface area contributed by atoms with Crippen LogP contribution >= 0.6 is 0 Å². The number of hydrogen-bond acceptors (Lipinski definition) is 1. The second-order valence-corrected chi connectivity index (χ2v) is 4.47. The maximum absolute atomic E-state index is 2.46. The van der Waals surface area contributed by atoms with Crippen LogP contribution in [-0.2, 0) is 6.42 Å². The molecule has 1 aromatic rings. The van der Waals surface area contributed by atoms with Crippen molar-refractivity contribution in [2.24, 2.45) is 0 Å². The third kappa shape index (κ3) is 12.0. The Hall–Kier alpha value is -0.820. The Labute approximate surface area is 122 Å². The van der Waals surface area contributed by atoms with Crippen molar-refractivity contribution >= 4 is 0 Å². The quantitative estimate of drug-likeness (QED) is 0.696. The summed E-state index contributed by atoms with van der Waals surface area (Å²) in [6, 6.07) is 8.85. The summed E-state index contributed by atoms with van der Waals surface area (Å²) in [4.78, 5) is 2.46. The van der Waals surface area contributed by atoms with Crippen LogP contribution in [0.5, 0.6) is 0 Å². The van der Waals surface area contributed by atoms with Crippen LogP contribution in [0.1, 0.15) is 59.1 Å². The van der Waals surface area contributed by atoms with Crippen LogP contribution in [0, 0.1) is 6.92 Å². The normalized spacial score (nSPS) is 9.26. The number of rotatable bonds is 5. The van der Waals surface area contributed by atoms with E-state index in [2.05, 4.69) is 63.8 Å². The molecule has 0 aliphatic carbocycles. The van der Waals surface area contributed by atoms with Crippen molar-refractivity contribution in [1.29, 1.82) is 0 Å². The van der Waals surface area contributed by atoms with E-state index in [4.69, 9.17) is 0 Å². The molecule has 19 heavy (non-hydrogen) atoms. The summed E-state index contributed by atoms with van der Waals surface area (Å²) in [7, 11) is 0. The molecule has 112 valence electrons. The molecule has 1 rings (SSSR count). The van der Waals surface area contributed by atoms with Gasteiger partial charge in [0.1, 0.15) is 0 Å². The summed E-state index contributed by atoms with van der Waals surface area (Å²) in [5.41, 5.74) is 2.79. The molecule has 0 aromatic heterocycles. The van der Waals surface area contributed by atoms with E-state index in [0.717, 1.165) is 13.1 Å². The SMILES string of the molecule is CC.CCC.CCN(CC)CCc1ccc(C)cc1. The Morgan fingerprint density at radius 3 is 1.63 bits per heavy atom. The van der Waals surface area contributed by atoms with Crippen LogP contribution in [0.25, 0.3) is 0 Å². The molecule has 0 radical (unpaired) electrons. The van der Waals surface area contributed by atoms with Gasteiger partial charge in [0.2, 0.25) is 0 Å². The minimum Gasteiger partial charge on any atom is -0.304 e. The third-order valence-corrected chi connectivity index (χ3v) is 2.73. The topological polar surface area (TPSA) is 3.24 Å². The molecule has 0 aliphatic rings. The number of likely N-dealkylation sites (N-methyl/N-ethyl adjacent to an activating group) is 1. The molecule has 0 atom stereocenters. The first kappa shape index (κ1) is 20.5. The standard InChI is InChI=1S/C13H21N.C3H8.C2H6/c1-4-14(5-2)11-10-13-8-6-12(3)7-9-13;1-3-2;1-2/h6-9H,4-5,10-11H2,1-3H3;3H2,1-2H3;1-2H3. The first-order chi connectivity index (χ1) is 9.17. The van der Waals surface area contributed by atoms with Crippen molar-refractivity contribution < 1.29 is 0 Å². The first-order valence-electron chi connectivity index (χ1n) is 7.95. The van der Waals surface area contributed by atoms with Crippen molar-refractivity contribution in [3.63, 3.8) is 0 Å². The molecule has 0 N–H and O–H groups in total. The van der Waals surface area contributed by atoms with Crippen LogP contribution in [0.15, 0.2) is 24.3 Å². The number of aryl methyl sites for hydroxylation is 1. The smallest absolute Gasteiger partial charge is 0.00216 e. The molecule has 0 spiro atoms. The Balaban J connectivity index is 0. The molecule has 0 aliphatic heterocycles. The van der Waals surface area contributed by atoms with E-state index in [1.54, 1.807) is 0 Å². The average Bonchev–Trinajstić information content (AvgIpc) is 2.45. The van der Waals surface area contributed by atoms with Gasteiger partial charge in [0, 0.05) is 6.54 Å². The first-order valence-corrected chi connectivity index (χ1v) is 7.95. The van der Waals surface area contributed by atoms with E-state index >= 15 is 0 Å². The second kappa shape index (κ2) is 15.2. The van der Waals surface area contributed by atoms with E-state index in [0.29, 0.717) is 0 Å². The maximum Gasteiger partial charge on any atom is 0.00216 e. The van der Waals surface area contributed by atoms with Crippen LogP contribution in [0.2, 0.25) is 0 Å². The van der Waals surface area contributed by atoms with Gasteiger partial charge < -0.3 is 4.90 Å². The molecule has 1 aromatic carbocycles. The molecular weight excluding hydrogens is 230 g/mol. The average molecular weight is 265 g/mol. The second-order valence-electron chi connectivity index (χ2n) is 4.47. The lowest BCUT2D eigenvalue weighted by Crippen LogP contribution is -2.25. The van der Waals surface area contributed by atoms with Gasteiger partial charge >= 0.3 is 0 Å². The summed E-state index contributed by atoms with van der Waals surface area (Å²) >= 11 is 0. The van der Waals surface area contributed by atoms with Crippen molar-refractivity contribution in [3.8, 4) is 0 Å². The predicted molar refractivity (Wildman–Crippen MR) is 90.0 cm³/mol. The molecule has 1 heteroatoms. The van der Waals surface area contributed by atoms with Gasteiger partial charge in [-0.3, -0.25) is 0 Å². The lowest BCUT2D eigenvalue weighted by atomic mass is 10.1. The Morgan fingerprint density at radius 1 is 0.842 bits per heavy atom. The fourth-order valence-electron chi connectivity index (χ4n) is 1.58. The van der Waals surface area contributed by atoms with E-state index in [9.17, 15) is 0 Å². The highest BCUT2D eigenvalue weighted by atomic mass is 15.1. The third-order valence-electron chi connectivity index (χ3n) is 2.73. The molecule has 0 unspecified atom stereocenters. The van der Waals surface area contributed by atoms with E-state index < -0.39 is 0 Å². The van der Waals surface area contributed by atoms with E-state index in [1.165, 1.54) is 30.5 Å². The zero-order chi connectivity index (χ0) is 15.1. The van der Waals surface area contributed by atoms with Crippen LogP contribution in [-0.4, -0.2) is 24.5 Å². The summed E-state index contributed by atoms with van der Waals surface area (Å²) < 4.78 is 0. The van der Waals surface area contributed by atoms with Gasteiger partial charge in [-0.2, -0.15) is 0 Å². The lowest BCUT2D eigenvalue weighted by molar-refractivity contribution is 0.308.